The van der Waals surface area contributed by atoms with E-state index >= 15 is 0 Å². The van der Waals surface area contributed by atoms with Gasteiger partial charge in [0.15, 0.2) is 0 Å². The molecule has 0 bridgehead atoms. The maximum Gasteiger partial charge on any atom is 0.271 e. The number of aryl methyl sites for hydroxylation is 1. The lowest BCUT2D eigenvalue weighted by molar-refractivity contribution is -0.384. The number of nitro groups is 1. The van der Waals surface area contributed by atoms with E-state index in [2.05, 4.69) is 40.0 Å². The first-order chi connectivity index (χ1) is 11.6. The molecule has 1 N–H and O–H groups in total. The minimum atomic E-state index is -0.394. The number of aromatic amines is 1. The Labute approximate surface area is 139 Å². The van der Waals surface area contributed by atoms with Crippen LogP contribution in [0.4, 0.5) is 11.4 Å². The van der Waals surface area contributed by atoms with Crippen molar-refractivity contribution >= 4 is 22.4 Å². The Morgan fingerprint density at radius 1 is 1.17 bits per heavy atom. The molecule has 2 heterocycles. The molecule has 1 fully saturated rings. The third kappa shape index (κ3) is 2.50. The molecule has 0 saturated carbocycles. The summed E-state index contributed by atoms with van der Waals surface area (Å²) in [5, 5.41) is 10.9. The molecular weight excluding hydrogens is 304 g/mol. The predicted octanol–water partition coefficient (Wildman–Crippen LogP) is 4.05. The Hall–Kier alpha value is -2.89. The van der Waals surface area contributed by atoms with Crippen LogP contribution >= 0.6 is 0 Å². The molecule has 0 amide bonds. The summed E-state index contributed by atoms with van der Waals surface area (Å²) in [5.41, 5.74) is 4.98. The van der Waals surface area contributed by atoms with Crippen LogP contribution in [0.2, 0.25) is 0 Å². The van der Waals surface area contributed by atoms with Crippen molar-refractivity contribution in [2.45, 2.75) is 19.8 Å². The van der Waals surface area contributed by atoms with Crippen LogP contribution in [-0.4, -0.2) is 28.0 Å². The second-order valence-electron chi connectivity index (χ2n) is 6.24. The Bertz CT molecular complexity index is 926. The number of aromatic nitrogens is 2. The van der Waals surface area contributed by atoms with Gasteiger partial charge < -0.3 is 9.88 Å². The highest BCUT2D eigenvalue weighted by Gasteiger charge is 2.16. The van der Waals surface area contributed by atoms with Crippen LogP contribution in [-0.2, 0) is 0 Å². The summed E-state index contributed by atoms with van der Waals surface area (Å²) >= 11 is 0. The molecular formula is C18H18N4O2. The van der Waals surface area contributed by atoms with Crippen molar-refractivity contribution in [1.82, 2.24) is 9.97 Å². The van der Waals surface area contributed by atoms with E-state index in [1.165, 1.54) is 36.2 Å². The quantitative estimate of drug-likeness (QED) is 0.583. The zero-order valence-corrected chi connectivity index (χ0v) is 13.5. The van der Waals surface area contributed by atoms with E-state index in [9.17, 15) is 10.1 Å². The largest absolute Gasteiger partial charge is 0.371 e. The van der Waals surface area contributed by atoms with E-state index in [1.54, 1.807) is 6.07 Å². The number of H-pyrrole nitrogens is 1. The standard InChI is InChI=1S/C18H18N4O2/c1-12-10-13(4-7-17(12)21-8-2-3-9-21)18-19-15-6-5-14(22(23)24)11-16(15)20-18/h4-7,10-11H,2-3,8-9H2,1H3,(H,19,20). The summed E-state index contributed by atoms with van der Waals surface area (Å²) < 4.78 is 0. The molecule has 0 radical (unpaired) electrons. The van der Waals surface area contributed by atoms with Gasteiger partial charge in [0.25, 0.3) is 5.69 Å². The highest BCUT2D eigenvalue weighted by Crippen LogP contribution is 2.29. The van der Waals surface area contributed by atoms with Crippen molar-refractivity contribution in [3.63, 3.8) is 0 Å². The van der Waals surface area contributed by atoms with E-state index in [-0.39, 0.29) is 5.69 Å². The SMILES string of the molecule is Cc1cc(-c2nc3ccc([N+](=O)[O-])cc3[nH]2)ccc1N1CCCC1. The number of hydrogen-bond donors (Lipinski definition) is 1. The van der Waals surface area contributed by atoms with Crippen LogP contribution < -0.4 is 4.90 Å². The number of nitrogens with one attached hydrogen (secondary N) is 1. The molecule has 4 rings (SSSR count). The van der Waals surface area contributed by atoms with E-state index < -0.39 is 4.92 Å². The second-order valence-corrected chi connectivity index (χ2v) is 6.24. The van der Waals surface area contributed by atoms with Crippen molar-refractivity contribution in [1.29, 1.82) is 0 Å². The topological polar surface area (TPSA) is 75.1 Å². The summed E-state index contributed by atoms with van der Waals surface area (Å²) in [5.74, 6) is 0.738. The number of imidazole rings is 1. The lowest BCUT2D eigenvalue weighted by atomic mass is 10.1. The number of non-ortho nitro benzene ring substituents is 1. The molecule has 6 heteroatoms. The highest BCUT2D eigenvalue weighted by molar-refractivity contribution is 5.82. The number of rotatable bonds is 3. The van der Waals surface area contributed by atoms with Crippen LogP contribution in [0.5, 0.6) is 0 Å². The van der Waals surface area contributed by atoms with Gasteiger partial charge in [-0.25, -0.2) is 4.98 Å². The Morgan fingerprint density at radius 2 is 1.96 bits per heavy atom. The average molecular weight is 322 g/mol. The van der Waals surface area contributed by atoms with Gasteiger partial charge in [-0.15, -0.1) is 0 Å². The number of anilines is 1. The smallest absolute Gasteiger partial charge is 0.271 e. The van der Waals surface area contributed by atoms with Gasteiger partial charge in [-0.3, -0.25) is 10.1 Å². The number of benzene rings is 2. The van der Waals surface area contributed by atoms with Gasteiger partial charge in [-0.1, -0.05) is 0 Å². The fourth-order valence-electron chi connectivity index (χ4n) is 3.36. The Morgan fingerprint density at radius 3 is 2.67 bits per heavy atom. The van der Waals surface area contributed by atoms with Crippen LogP contribution in [0, 0.1) is 17.0 Å². The molecule has 6 nitrogen and oxygen atoms in total. The number of fused-ring (bicyclic) bond motifs is 1. The molecule has 2 aromatic carbocycles. The van der Waals surface area contributed by atoms with Crippen LogP contribution in [0.3, 0.4) is 0 Å². The third-order valence-corrected chi connectivity index (χ3v) is 4.59. The second kappa shape index (κ2) is 5.63. The monoisotopic (exact) mass is 322 g/mol. The van der Waals surface area contributed by atoms with E-state index in [0.717, 1.165) is 30.0 Å². The molecule has 24 heavy (non-hydrogen) atoms. The van der Waals surface area contributed by atoms with Gasteiger partial charge in [0, 0.05) is 36.5 Å². The lowest BCUT2D eigenvalue weighted by Crippen LogP contribution is -2.18. The van der Waals surface area contributed by atoms with Crippen molar-refractivity contribution < 1.29 is 4.92 Å². The number of nitro benzene ring substituents is 1. The molecule has 0 spiro atoms. The van der Waals surface area contributed by atoms with Crippen LogP contribution in [0.15, 0.2) is 36.4 Å². The van der Waals surface area contributed by atoms with Crippen molar-refractivity contribution in [3.8, 4) is 11.4 Å². The molecule has 122 valence electrons. The van der Waals surface area contributed by atoms with E-state index in [1.807, 2.05) is 0 Å². The third-order valence-electron chi connectivity index (χ3n) is 4.59. The maximum atomic E-state index is 10.9. The highest BCUT2D eigenvalue weighted by atomic mass is 16.6. The van der Waals surface area contributed by atoms with Crippen LogP contribution in [0.25, 0.3) is 22.4 Å². The van der Waals surface area contributed by atoms with E-state index in [4.69, 9.17) is 0 Å². The Kier molecular flexibility index (Phi) is 3.45. The molecule has 0 unspecified atom stereocenters. The molecule has 3 aromatic rings. The molecule has 0 aliphatic carbocycles. The summed E-state index contributed by atoms with van der Waals surface area (Å²) in [6, 6.07) is 11.0. The summed E-state index contributed by atoms with van der Waals surface area (Å²) in [6.45, 7) is 4.35. The first-order valence-corrected chi connectivity index (χ1v) is 8.12. The van der Waals surface area contributed by atoms with E-state index in [0.29, 0.717) is 5.52 Å². The van der Waals surface area contributed by atoms with Gasteiger partial charge >= 0.3 is 0 Å². The zero-order valence-electron chi connectivity index (χ0n) is 13.5. The van der Waals surface area contributed by atoms with Crippen LogP contribution in [0.1, 0.15) is 18.4 Å². The van der Waals surface area contributed by atoms with Crippen molar-refractivity contribution in [2.75, 3.05) is 18.0 Å². The van der Waals surface area contributed by atoms with Gasteiger partial charge in [-0.2, -0.15) is 0 Å². The normalized spacial score (nSPS) is 14.5. The van der Waals surface area contributed by atoms with Gasteiger partial charge in [0.1, 0.15) is 5.82 Å². The summed E-state index contributed by atoms with van der Waals surface area (Å²) in [4.78, 5) is 20.7. The molecule has 1 aliphatic rings. The average Bonchev–Trinajstić information content (AvgIpc) is 3.23. The fraction of sp³-hybridized carbons (Fsp3) is 0.278. The minimum Gasteiger partial charge on any atom is -0.371 e. The van der Waals surface area contributed by atoms with Gasteiger partial charge in [0.05, 0.1) is 16.0 Å². The minimum absolute atomic E-state index is 0.0678. The molecule has 1 saturated heterocycles. The molecule has 1 aliphatic heterocycles. The van der Waals surface area contributed by atoms with Gasteiger partial charge in [-0.05, 0) is 49.6 Å². The first kappa shape index (κ1) is 14.7. The summed E-state index contributed by atoms with van der Waals surface area (Å²) in [7, 11) is 0. The molecule has 0 atom stereocenters. The zero-order chi connectivity index (χ0) is 16.7. The molecule has 1 aromatic heterocycles. The summed E-state index contributed by atoms with van der Waals surface area (Å²) in [6.07, 6.45) is 2.51. The van der Waals surface area contributed by atoms with Crippen molar-refractivity contribution in [2.24, 2.45) is 0 Å². The fourth-order valence-corrected chi connectivity index (χ4v) is 3.36. The predicted molar refractivity (Wildman–Crippen MR) is 94.4 cm³/mol. The maximum absolute atomic E-state index is 10.9. The number of nitrogens with zero attached hydrogens (tertiary/aromatic N) is 3. The number of hydrogen-bond acceptors (Lipinski definition) is 4. The van der Waals surface area contributed by atoms with Crippen molar-refractivity contribution in [3.05, 3.63) is 52.1 Å². The lowest BCUT2D eigenvalue weighted by Gasteiger charge is -2.20. The van der Waals surface area contributed by atoms with Gasteiger partial charge in [0.2, 0.25) is 0 Å². The first-order valence-electron chi connectivity index (χ1n) is 8.12. The Balaban J connectivity index is 1.71.